The number of benzene rings is 1. The minimum absolute atomic E-state index is 0.0261. The van der Waals surface area contributed by atoms with Gasteiger partial charge >= 0.3 is 11.9 Å². The largest absolute Gasteiger partial charge is 0.465 e. The quantitative estimate of drug-likeness (QED) is 0.383. The summed E-state index contributed by atoms with van der Waals surface area (Å²) in [4.78, 5) is 41.5. The third kappa shape index (κ3) is 5.16. The molecule has 0 spiro atoms. The van der Waals surface area contributed by atoms with Crippen molar-refractivity contribution in [3.05, 3.63) is 34.1 Å². The molecule has 1 aromatic carbocycles. The van der Waals surface area contributed by atoms with Crippen LogP contribution in [0.1, 0.15) is 37.0 Å². The first-order valence-electron chi connectivity index (χ1n) is 9.46. The zero-order valence-corrected chi connectivity index (χ0v) is 17.5. The van der Waals surface area contributed by atoms with Crippen LogP contribution in [0.25, 0.3) is 10.9 Å². The molecule has 0 amide bonds. The zero-order valence-electron chi connectivity index (χ0n) is 16.7. The summed E-state index contributed by atoms with van der Waals surface area (Å²) in [6, 6.07) is 4.64. The highest BCUT2D eigenvalue weighted by Crippen LogP contribution is 2.22. The van der Waals surface area contributed by atoms with Crippen molar-refractivity contribution in [1.29, 1.82) is 0 Å². The number of fused-ring (bicyclic) bond motifs is 1. The van der Waals surface area contributed by atoms with E-state index >= 15 is 0 Å². The van der Waals surface area contributed by atoms with Gasteiger partial charge < -0.3 is 14.2 Å². The number of carbonyl (C=O) groups excluding carboxylic acids is 2. The summed E-state index contributed by atoms with van der Waals surface area (Å²) in [5.74, 6) is -0.864. The van der Waals surface area contributed by atoms with Crippen LogP contribution in [0.2, 0.25) is 0 Å². The summed E-state index contributed by atoms with van der Waals surface area (Å²) in [5, 5.41) is 0.783. The second-order valence-electron chi connectivity index (χ2n) is 7.00. The molecule has 1 saturated heterocycles. The Balaban J connectivity index is 1.99. The van der Waals surface area contributed by atoms with E-state index in [-0.39, 0.29) is 29.5 Å². The maximum Gasteiger partial charge on any atom is 0.337 e. The van der Waals surface area contributed by atoms with E-state index in [9.17, 15) is 14.4 Å². The maximum absolute atomic E-state index is 13.1. The second-order valence-corrected chi connectivity index (χ2v) is 7.94. The van der Waals surface area contributed by atoms with Gasteiger partial charge in [-0.2, -0.15) is 0 Å². The lowest BCUT2D eigenvalue weighted by atomic mass is 10.1. The van der Waals surface area contributed by atoms with Crippen LogP contribution in [0.5, 0.6) is 0 Å². The average Bonchev–Trinajstić information content (AvgIpc) is 3.20. The van der Waals surface area contributed by atoms with E-state index in [1.54, 1.807) is 30.5 Å². The van der Waals surface area contributed by atoms with Crippen LogP contribution in [0, 0.1) is 0 Å². The first-order chi connectivity index (χ1) is 13.9. The summed E-state index contributed by atoms with van der Waals surface area (Å²) in [7, 11) is 1.29. The predicted molar refractivity (Wildman–Crippen MR) is 108 cm³/mol. The summed E-state index contributed by atoms with van der Waals surface area (Å²) >= 11 is 1.14. The van der Waals surface area contributed by atoms with E-state index in [4.69, 9.17) is 14.2 Å². The minimum atomic E-state index is -0.507. The molecular weight excluding hydrogens is 396 g/mol. The third-order valence-corrected chi connectivity index (χ3v) is 5.39. The Kier molecular flexibility index (Phi) is 6.92. The van der Waals surface area contributed by atoms with Crippen molar-refractivity contribution >= 4 is 34.6 Å². The van der Waals surface area contributed by atoms with E-state index in [1.165, 1.54) is 13.2 Å². The number of methoxy groups -OCH3 is 1. The number of thioether (sulfide) groups is 1. The fourth-order valence-corrected chi connectivity index (χ4v) is 3.92. The lowest BCUT2D eigenvalue weighted by Gasteiger charge is -2.16. The summed E-state index contributed by atoms with van der Waals surface area (Å²) < 4.78 is 17.1. The molecule has 1 unspecified atom stereocenters. The van der Waals surface area contributed by atoms with Gasteiger partial charge in [0.1, 0.15) is 0 Å². The molecule has 156 valence electrons. The van der Waals surface area contributed by atoms with E-state index in [0.29, 0.717) is 34.8 Å². The Morgan fingerprint density at radius 2 is 2.17 bits per heavy atom. The molecular formula is C20H24N2O6S. The van der Waals surface area contributed by atoms with Crippen molar-refractivity contribution in [2.45, 2.75) is 50.6 Å². The number of carbonyl (C=O) groups is 2. The molecule has 0 aliphatic carbocycles. The lowest BCUT2D eigenvalue weighted by Crippen LogP contribution is -2.29. The van der Waals surface area contributed by atoms with Crippen LogP contribution in [0.3, 0.4) is 0 Å². The molecule has 1 atom stereocenters. The standard InChI is InChI=1S/C20H24N2O6S/c1-12(2)28-17(23)11-29-20-21-16-9-13(19(25)26-3)6-7-15(16)18(24)22(20)10-14-5-4-8-27-14/h6-7,9,12,14H,4-5,8,10-11H2,1-3H3. The summed E-state index contributed by atoms with van der Waals surface area (Å²) in [6.07, 6.45) is 1.53. The zero-order chi connectivity index (χ0) is 21.0. The van der Waals surface area contributed by atoms with Gasteiger partial charge in [-0.15, -0.1) is 0 Å². The Bertz CT molecular complexity index is 965. The molecule has 9 heteroatoms. The summed E-state index contributed by atoms with van der Waals surface area (Å²) in [6.45, 7) is 4.59. The highest BCUT2D eigenvalue weighted by atomic mass is 32.2. The Hall–Kier alpha value is -2.39. The number of esters is 2. The smallest absolute Gasteiger partial charge is 0.337 e. The fraction of sp³-hybridized carbons (Fsp3) is 0.500. The third-order valence-electron chi connectivity index (χ3n) is 4.44. The molecule has 29 heavy (non-hydrogen) atoms. The Morgan fingerprint density at radius 3 is 2.83 bits per heavy atom. The molecule has 2 aromatic rings. The lowest BCUT2D eigenvalue weighted by molar-refractivity contribution is -0.144. The number of hydrogen-bond acceptors (Lipinski definition) is 8. The number of rotatable bonds is 7. The van der Waals surface area contributed by atoms with Gasteiger partial charge in [-0.3, -0.25) is 14.2 Å². The van der Waals surface area contributed by atoms with Crippen LogP contribution in [-0.2, 0) is 25.5 Å². The molecule has 0 saturated carbocycles. The van der Waals surface area contributed by atoms with E-state index < -0.39 is 5.97 Å². The van der Waals surface area contributed by atoms with Crippen LogP contribution in [0.4, 0.5) is 0 Å². The summed E-state index contributed by atoms with van der Waals surface area (Å²) in [5.41, 5.74) is 0.446. The van der Waals surface area contributed by atoms with Gasteiger partial charge in [-0.1, -0.05) is 11.8 Å². The van der Waals surface area contributed by atoms with Gasteiger partial charge in [-0.25, -0.2) is 9.78 Å². The predicted octanol–water partition coefficient (Wildman–Crippen LogP) is 2.41. The molecule has 0 N–H and O–H groups in total. The first-order valence-corrected chi connectivity index (χ1v) is 10.4. The number of aromatic nitrogens is 2. The van der Waals surface area contributed by atoms with Gasteiger partial charge in [0.2, 0.25) is 0 Å². The van der Waals surface area contributed by atoms with Gasteiger partial charge in [0.15, 0.2) is 5.16 Å². The highest BCUT2D eigenvalue weighted by Gasteiger charge is 2.21. The van der Waals surface area contributed by atoms with Crippen LogP contribution >= 0.6 is 11.8 Å². The molecule has 1 aliphatic heterocycles. The molecule has 0 radical (unpaired) electrons. The van der Waals surface area contributed by atoms with Crippen LogP contribution < -0.4 is 5.56 Å². The molecule has 8 nitrogen and oxygen atoms in total. The van der Waals surface area contributed by atoms with Gasteiger partial charge in [-0.05, 0) is 44.9 Å². The van der Waals surface area contributed by atoms with Crippen molar-refractivity contribution in [2.75, 3.05) is 19.5 Å². The highest BCUT2D eigenvalue weighted by molar-refractivity contribution is 7.99. The van der Waals surface area contributed by atoms with Gasteiger partial charge in [0.25, 0.3) is 5.56 Å². The van der Waals surface area contributed by atoms with Gasteiger partial charge in [0.05, 0.1) is 48.1 Å². The Morgan fingerprint density at radius 1 is 1.38 bits per heavy atom. The number of nitrogens with zero attached hydrogens (tertiary/aromatic N) is 2. The van der Waals surface area contributed by atoms with Gasteiger partial charge in [0, 0.05) is 6.61 Å². The van der Waals surface area contributed by atoms with Crippen molar-refractivity contribution in [1.82, 2.24) is 9.55 Å². The fourth-order valence-electron chi connectivity index (χ4n) is 3.13. The number of ether oxygens (including phenoxy) is 3. The Labute approximate surface area is 172 Å². The minimum Gasteiger partial charge on any atom is -0.465 e. The van der Waals surface area contributed by atoms with Crippen molar-refractivity contribution < 1.29 is 23.8 Å². The molecule has 1 fully saturated rings. The average molecular weight is 420 g/mol. The number of hydrogen-bond donors (Lipinski definition) is 0. The van der Waals surface area contributed by atoms with E-state index in [0.717, 1.165) is 24.6 Å². The molecule has 1 aromatic heterocycles. The van der Waals surface area contributed by atoms with Crippen molar-refractivity contribution in [3.8, 4) is 0 Å². The topological polar surface area (TPSA) is 96.7 Å². The van der Waals surface area contributed by atoms with Crippen molar-refractivity contribution in [2.24, 2.45) is 0 Å². The SMILES string of the molecule is COC(=O)c1ccc2c(=O)n(CC3CCCO3)c(SCC(=O)OC(C)C)nc2c1. The van der Waals surface area contributed by atoms with E-state index in [1.807, 2.05) is 0 Å². The maximum atomic E-state index is 13.1. The van der Waals surface area contributed by atoms with Crippen LogP contribution in [-0.4, -0.2) is 53.2 Å². The monoisotopic (exact) mass is 420 g/mol. The molecule has 1 aliphatic rings. The molecule has 2 heterocycles. The van der Waals surface area contributed by atoms with Crippen molar-refractivity contribution in [3.63, 3.8) is 0 Å². The molecule has 0 bridgehead atoms. The normalized spacial score (nSPS) is 16.3. The molecule has 3 rings (SSSR count). The first kappa shape index (κ1) is 21.3. The van der Waals surface area contributed by atoms with Crippen LogP contribution in [0.15, 0.2) is 28.2 Å². The second kappa shape index (κ2) is 9.41. The van der Waals surface area contributed by atoms with E-state index in [2.05, 4.69) is 4.98 Å².